The number of likely N-dealkylation sites (N-methyl/N-ethyl adjacent to an activating group) is 1. The van der Waals surface area contributed by atoms with Crippen LogP contribution < -0.4 is 15.5 Å². The first-order valence-electron chi connectivity index (χ1n) is 7.48. The second kappa shape index (κ2) is 6.02. The van der Waals surface area contributed by atoms with Crippen LogP contribution in [0.2, 0.25) is 0 Å². The second-order valence-corrected chi connectivity index (χ2v) is 5.96. The molecule has 1 aromatic rings. The van der Waals surface area contributed by atoms with Gasteiger partial charge in [-0.25, -0.2) is 5.48 Å². The second-order valence-electron chi connectivity index (χ2n) is 5.96. The molecule has 1 saturated heterocycles. The highest BCUT2D eigenvalue weighted by atomic mass is 16.5. The number of hydrogen-bond donors (Lipinski definition) is 3. The molecule has 23 heavy (non-hydrogen) atoms. The van der Waals surface area contributed by atoms with Crippen LogP contribution in [0, 0.1) is 0 Å². The summed E-state index contributed by atoms with van der Waals surface area (Å²) in [5.74, 6) is -0.260. The van der Waals surface area contributed by atoms with Crippen LogP contribution in [0.4, 0.5) is 0 Å². The van der Waals surface area contributed by atoms with Gasteiger partial charge in [0, 0.05) is 12.5 Å². The van der Waals surface area contributed by atoms with Crippen LogP contribution in [0.1, 0.15) is 28.8 Å². The van der Waals surface area contributed by atoms with E-state index < -0.39 is 11.6 Å². The summed E-state index contributed by atoms with van der Waals surface area (Å²) in [5, 5.41) is 11.4. The van der Waals surface area contributed by atoms with E-state index in [0.717, 1.165) is 19.4 Å². The molecule has 1 fully saturated rings. The lowest BCUT2D eigenvalue weighted by atomic mass is 9.97. The molecule has 1 unspecified atom stereocenters. The number of nitrogens with zero attached hydrogens (tertiary/aromatic N) is 1. The van der Waals surface area contributed by atoms with E-state index in [1.54, 1.807) is 18.2 Å². The number of benzene rings is 1. The van der Waals surface area contributed by atoms with Gasteiger partial charge in [0.15, 0.2) is 5.72 Å². The molecule has 0 aliphatic carbocycles. The predicted molar refractivity (Wildman–Crippen MR) is 83.0 cm³/mol. The van der Waals surface area contributed by atoms with Crippen molar-refractivity contribution in [3.05, 3.63) is 35.4 Å². The Balaban J connectivity index is 1.85. The van der Waals surface area contributed by atoms with E-state index in [9.17, 15) is 9.59 Å². The molecule has 1 aromatic carbocycles. The molecule has 7 heteroatoms. The first kappa shape index (κ1) is 15.5. The van der Waals surface area contributed by atoms with Crippen molar-refractivity contribution in [2.75, 3.05) is 20.1 Å². The summed E-state index contributed by atoms with van der Waals surface area (Å²) in [5.41, 5.74) is 1.96. The van der Waals surface area contributed by atoms with Gasteiger partial charge in [-0.3, -0.25) is 14.8 Å². The molecule has 2 heterocycles. The summed E-state index contributed by atoms with van der Waals surface area (Å²) in [6, 6.07) is 5.16. The first-order valence-corrected chi connectivity index (χ1v) is 7.48. The molecule has 0 bridgehead atoms. The summed E-state index contributed by atoms with van der Waals surface area (Å²) in [6.45, 7) is 1.64. The van der Waals surface area contributed by atoms with Gasteiger partial charge in [-0.1, -0.05) is 6.07 Å². The minimum Gasteiger partial charge on any atom is -0.466 e. The number of carbonyl (C=O) groups is 2. The number of hydroxylamine groups is 1. The van der Waals surface area contributed by atoms with Crippen LogP contribution >= 0.6 is 0 Å². The van der Waals surface area contributed by atoms with Crippen LogP contribution in [0.25, 0.3) is 6.08 Å². The quantitative estimate of drug-likeness (QED) is 0.425. The molecule has 3 rings (SSSR count). The van der Waals surface area contributed by atoms with E-state index in [0.29, 0.717) is 23.4 Å². The third kappa shape index (κ3) is 3.20. The number of likely N-dealkylation sites (tertiary alicyclic amines) is 1. The topological polar surface area (TPSA) is 90.9 Å². The number of piperidine rings is 1. The Labute approximate surface area is 133 Å². The van der Waals surface area contributed by atoms with Crippen LogP contribution in [-0.4, -0.2) is 47.8 Å². The highest BCUT2D eigenvalue weighted by Gasteiger charge is 2.42. The fourth-order valence-electron chi connectivity index (χ4n) is 3.05. The number of amides is 2. The number of rotatable bonds is 2. The molecule has 2 aliphatic rings. The SMILES string of the molecule is CN1CCCC2(C1)NC(=O)c1cc(/C=C/C(=O)NO)ccc1O2. The molecule has 122 valence electrons. The van der Waals surface area contributed by atoms with Crippen molar-refractivity contribution in [3.8, 4) is 5.75 Å². The molecule has 0 saturated carbocycles. The van der Waals surface area contributed by atoms with Crippen molar-refractivity contribution in [2.24, 2.45) is 0 Å². The standard InChI is InChI=1S/C16H19N3O4/c1-19-8-2-7-16(10-19)17-15(21)12-9-11(3-5-13(12)23-16)4-6-14(20)18-22/h3-6,9,22H,2,7-8,10H2,1H3,(H,17,21)(H,18,20)/b6-4+. The van der Waals surface area contributed by atoms with Crippen molar-refractivity contribution in [3.63, 3.8) is 0 Å². The third-order valence-corrected chi connectivity index (χ3v) is 4.08. The fourth-order valence-corrected chi connectivity index (χ4v) is 3.05. The minimum absolute atomic E-state index is 0.177. The highest BCUT2D eigenvalue weighted by Crippen LogP contribution is 2.33. The van der Waals surface area contributed by atoms with Gasteiger partial charge < -0.3 is 15.0 Å². The van der Waals surface area contributed by atoms with E-state index >= 15 is 0 Å². The Kier molecular flexibility index (Phi) is 4.06. The monoisotopic (exact) mass is 317 g/mol. The molecule has 0 radical (unpaired) electrons. The molecule has 2 aliphatic heterocycles. The molecule has 3 N–H and O–H groups in total. The zero-order valence-electron chi connectivity index (χ0n) is 12.8. The van der Waals surface area contributed by atoms with Gasteiger partial charge in [0.1, 0.15) is 5.75 Å². The van der Waals surface area contributed by atoms with Gasteiger partial charge >= 0.3 is 0 Å². The zero-order chi connectivity index (χ0) is 16.4. The Morgan fingerprint density at radius 1 is 1.52 bits per heavy atom. The van der Waals surface area contributed by atoms with Gasteiger partial charge in [-0.05, 0) is 43.8 Å². The predicted octanol–water partition coefficient (Wildman–Crippen LogP) is 0.749. The molecule has 0 aromatic heterocycles. The van der Waals surface area contributed by atoms with E-state index in [1.807, 2.05) is 7.05 Å². The average Bonchev–Trinajstić information content (AvgIpc) is 2.52. The Hall–Kier alpha value is -2.38. The zero-order valence-corrected chi connectivity index (χ0v) is 12.8. The summed E-state index contributed by atoms with van der Waals surface area (Å²) < 4.78 is 6.09. The first-order chi connectivity index (χ1) is 11.0. The minimum atomic E-state index is -0.661. The molecular weight excluding hydrogens is 298 g/mol. The molecule has 2 amide bonds. The van der Waals surface area contributed by atoms with Crippen molar-refractivity contribution in [1.29, 1.82) is 0 Å². The smallest absolute Gasteiger partial charge is 0.267 e. The summed E-state index contributed by atoms with van der Waals surface area (Å²) in [6.07, 6.45) is 4.43. The summed E-state index contributed by atoms with van der Waals surface area (Å²) >= 11 is 0. The lowest BCUT2D eigenvalue weighted by Gasteiger charge is -2.44. The van der Waals surface area contributed by atoms with Gasteiger partial charge in [0.05, 0.1) is 12.1 Å². The van der Waals surface area contributed by atoms with Crippen molar-refractivity contribution in [1.82, 2.24) is 15.7 Å². The van der Waals surface area contributed by atoms with E-state index in [-0.39, 0.29) is 5.91 Å². The molecular formula is C16H19N3O4. The highest BCUT2D eigenvalue weighted by molar-refractivity contribution is 5.99. The van der Waals surface area contributed by atoms with Crippen LogP contribution in [-0.2, 0) is 4.79 Å². The van der Waals surface area contributed by atoms with E-state index in [2.05, 4.69) is 10.2 Å². The number of fused-ring (bicyclic) bond motifs is 1. The number of carbonyl (C=O) groups excluding carboxylic acids is 2. The lowest BCUT2D eigenvalue weighted by molar-refractivity contribution is -0.124. The maximum Gasteiger partial charge on any atom is 0.267 e. The molecule has 1 spiro atoms. The van der Waals surface area contributed by atoms with Gasteiger partial charge in [0.2, 0.25) is 0 Å². The fraction of sp³-hybridized carbons (Fsp3) is 0.375. The third-order valence-electron chi connectivity index (χ3n) is 4.08. The normalized spacial score (nSPS) is 24.2. The summed E-state index contributed by atoms with van der Waals surface area (Å²) in [4.78, 5) is 25.6. The number of nitrogens with one attached hydrogen (secondary N) is 2. The van der Waals surface area contributed by atoms with Crippen LogP contribution in [0.15, 0.2) is 24.3 Å². The molecule has 7 nitrogen and oxygen atoms in total. The maximum absolute atomic E-state index is 12.5. The Bertz CT molecular complexity index is 673. The van der Waals surface area contributed by atoms with Crippen molar-refractivity contribution < 1.29 is 19.5 Å². The van der Waals surface area contributed by atoms with Gasteiger partial charge in [0.25, 0.3) is 11.8 Å². The number of hydrogen-bond acceptors (Lipinski definition) is 5. The van der Waals surface area contributed by atoms with Gasteiger partial charge in [-0.2, -0.15) is 0 Å². The largest absolute Gasteiger partial charge is 0.466 e. The van der Waals surface area contributed by atoms with Crippen molar-refractivity contribution in [2.45, 2.75) is 18.6 Å². The summed E-state index contributed by atoms with van der Waals surface area (Å²) in [7, 11) is 2.01. The lowest BCUT2D eigenvalue weighted by Crippen LogP contribution is -2.63. The van der Waals surface area contributed by atoms with Crippen molar-refractivity contribution >= 4 is 17.9 Å². The Morgan fingerprint density at radius 2 is 2.35 bits per heavy atom. The van der Waals surface area contributed by atoms with E-state index in [1.165, 1.54) is 17.6 Å². The van der Waals surface area contributed by atoms with Crippen LogP contribution in [0.5, 0.6) is 5.75 Å². The molecule has 1 atom stereocenters. The van der Waals surface area contributed by atoms with Crippen LogP contribution in [0.3, 0.4) is 0 Å². The van der Waals surface area contributed by atoms with E-state index in [4.69, 9.17) is 9.94 Å². The van der Waals surface area contributed by atoms with Gasteiger partial charge in [-0.15, -0.1) is 0 Å². The Morgan fingerprint density at radius 3 is 3.09 bits per heavy atom. The average molecular weight is 317 g/mol. The number of ether oxygens (including phenoxy) is 1. The maximum atomic E-state index is 12.5.